The first-order valence-corrected chi connectivity index (χ1v) is 5.74. The molecule has 2 saturated carbocycles. The summed E-state index contributed by atoms with van der Waals surface area (Å²) in [6.07, 6.45) is 5.48. The van der Waals surface area contributed by atoms with Crippen LogP contribution >= 0.6 is 0 Å². The van der Waals surface area contributed by atoms with E-state index in [4.69, 9.17) is 5.73 Å². The molecule has 0 aromatic rings. The summed E-state index contributed by atoms with van der Waals surface area (Å²) in [6.45, 7) is 2.17. The van der Waals surface area contributed by atoms with Gasteiger partial charge in [-0.1, -0.05) is 19.8 Å². The molecule has 0 aromatic heterocycles. The van der Waals surface area contributed by atoms with Crippen molar-refractivity contribution in [1.29, 1.82) is 0 Å². The van der Waals surface area contributed by atoms with Gasteiger partial charge in [-0.25, -0.2) is 0 Å². The van der Waals surface area contributed by atoms with Crippen molar-refractivity contribution in [3.8, 4) is 0 Å². The normalized spacial score (nSPS) is 41.9. The molecule has 3 heteroatoms. The number of rotatable bonds is 2. The number of amides is 1. The Hall–Kier alpha value is -0.570. The van der Waals surface area contributed by atoms with Gasteiger partial charge in [0.25, 0.3) is 0 Å². The van der Waals surface area contributed by atoms with Crippen molar-refractivity contribution in [2.45, 2.75) is 51.1 Å². The van der Waals surface area contributed by atoms with Gasteiger partial charge in [0.2, 0.25) is 5.91 Å². The predicted octanol–water partition coefficient (Wildman–Crippen LogP) is 1.03. The first-order valence-electron chi connectivity index (χ1n) is 5.74. The van der Waals surface area contributed by atoms with Crippen LogP contribution in [0.5, 0.6) is 0 Å². The predicted molar refractivity (Wildman–Crippen MR) is 55.6 cm³/mol. The van der Waals surface area contributed by atoms with E-state index in [0.717, 1.165) is 25.7 Å². The minimum absolute atomic E-state index is 0.0801. The van der Waals surface area contributed by atoms with Gasteiger partial charge in [-0.15, -0.1) is 0 Å². The Morgan fingerprint density at radius 3 is 2.57 bits per heavy atom. The summed E-state index contributed by atoms with van der Waals surface area (Å²) in [5, 5.41) is 3.08. The minimum atomic E-state index is 0.0801. The van der Waals surface area contributed by atoms with E-state index in [9.17, 15) is 4.79 Å². The summed E-state index contributed by atoms with van der Waals surface area (Å²) in [5.74, 6) is 0.960. The van der Waals surface area contributed by atoms with Crippen LogP contribution in [0.1, 0.15) is 39.0 Å². The smallest absolute Gasteiger partial charge is 0.224 e. The minimum Gasteiger partial charge on any atom is -0.353 e. The molecule has 0 saturated heterocycles. The van der Waals surface area contributed by atoms with Gasteiger partial charge in [0.1, 0.15) is 0 Å². The molecule has 0 heterocycles. The van der Waals surface area contributed by atoms with Crippen molar-refractivity contribution in [2.75, 3.05) is 0 Å². The quantitative estimate of drug-likeness (QED) is 0.693. The zero-order valence-corrected chi connectivity index (χ0v) is 8.83. The monoisotopic (exact) mass is 196 g/mol. The fourth-order valence-electron chi connectivity index (χ4n) is 2.30. The summed E-state index contributed by atoms with van der Waals surface area (Å²) in [6, 6.07) is 0.537. The molecule has 0 radical (unpaired) electrons. The molecule has 0 spiro atoms. The van der Waals surface area contributed by atoms with Crippen LogP contribution in [-0.2, 0) is 4.79 Å². The molecule has 80 valence electrons. The van der Waals surface area contributed by atoms with Crippen molar-refractivity contribution < 1.29 is 4.79 Å². The number of nitrogens with one attached hydrogen (secondary N) is 1. The summed E-state index contributed by atoms with van der Waals surface area (Å²) in [7, 11) is 0. The largest absolute Gasteiger partial charge is 0.353 e. The molecule has 4 unspecified atom stereocenters. The van der Waals surface area contributed by atoms with Gasteiger partial charge < -0.3 is 11.1 Å². The van der Waals surface area contributed by atoms with Gasteiger partial charge in [0.05, 0.1) is 5.92 Å². The molecule has 14 heavy (non-hydrogen) atoms. The van der Waals surface area contributed by atoms with Gasteiger partial charge in [0.15, 0.2) is 0 Å². The Labute approximate surface area is 85.4 Å². The summed E-state index contributed by atoms with van der Waals surface area (Å²) in [5.41, 5.74) is 5.95. The van der Waals surface area contributed by atoms with Crippen LogP contribution in [0.2, 0.25) is 0 Å². The van der Waals surface area contributed by atoms with Gasteiger partial charge >= 0.3 is 0 Å². The molecular weight excluding hydrogens is 176 g/mol. The molecular formula is C11H20N2O. The van der Waals surface area contributed by atoms with Gasteiger partial charge in [-0.3, -0.25) is 4.79 Å². The summed E-state index contributed by atoms with van der Waals surface area (Å²) in [4.78, 5) is 11.8. The molecule has 2 aliphatic rings. The van der Waals surface area contributed by atoms with Crippen molar-refractivity contribution in [2.24, 2.45) is 17.6 Å². The SMILES string of the molecule is CC1CC1NC(=O)C1CCCCC1N. The Kier molecular flexibility index (Phi) is 2.77. The van der Waals surface area contributed by atoms with Gasteiger partial charge in [-0.2, -0.15) is 0 Å². The zero-order valence-electron chi connectivity index (χ0n) is 8.83. The second-order valence-electron chi connectivity index (χ2n) is 4.88. The molecule has 2 rings (SSSR count). The van der Waals surface area contributed by atoms with E-state index in [1.54, 1.807) is 0 Å². The molecule has 0 bridgehead atoms. The lowest BCUT2D eigenvalue weighted by molar-refractivity contribution is -0.126. The highest BCUT2D eigenvalue weighted by molar-refractivity contribution is 5.80. The number of hydrogen-bond acceptors (Lipinski definition) is 2. The van der Waals surface area contributed by atoms with E-state index in [1.807, 2.05) is 0 Å². The molecule has 2 fully saturated rings. The standard InChI is InChI=1S/C11H20N2O/c1-7-6-10(7)13-11(14)8-4-2-3-5-9(8)12/h7-10H,2-6,12H2,1H3,(H,13,14). The molecule has 0 aromatic carbocycles. The van der Waals surface area contributed by atoms with Crippen LogP contribution in [0, 0.1) is 11.8 Å². The highest BCUT2D eigenvalue weighted by atomic mass is 16.2. The highest BCUT2D eigenvalue weighted by Crippen LogP contribution is 2.30. The van der Waals surface area contributed by atoms with Crippen LogP contribution in [-0.4, -0.2) is 18.0 Å². The number of nitrogens with two attached hydrogens (primary N) is 1. The number of carbonyl (C=O) groups excluding carboxylic acids is 1. The fourth-order valence-corrected chi connectivity index (χ4v) is 2.30. The molecule has 1 amide bonds. The molecule has 2 aliphatic carbocycles. The van der Waals surface area contributed by atoms with Crippen molar-refractivity contribution >= 4 is 5.91 Å². The van der Waals surface area contributed by atoms with Crippen LogP contribution < -0.4 is 11.1 Å². The topological polar surface area (TPSA) is 55.1 Å². The molecule has 3 nitrogen and oxygen atoms in total. The fraction of sp³-hybridized carbons (Fsp3) is 0.909. The Morgan fingerprint density at radius 2 is 2.00 bits per heavy atom. The van der Waals surface area contributed by atoms with E-state index >= 15 is 0 Å². The highest BCUT2D eigenvalue weighted by Gasteiger charge is 2.37. The van der Waals surface area contributed by atoms with Crippen molar-refractivity contribution in [1.82, 2.24) is 5.32 Å². The third-order valence-electron chi connectivity index (χ3n) is 3.59. The lowest BCUT2D eigenvalue weighted by Gasteiger charge is -2.27. The second-order valence-corrected chi connectivity index (χ2v) is 4.88. The molecule has 3 N–H and O–H groups in total. The van der Waals surface area contributed by atoms with Crippen LogP contribution in [0.15, 0.2) is 0 Å². The summed E-state index contributed by atoms with van der Waals surface area (Å²) < 4.78 is 0. The van der Waals surface area contributed by atoms with Crippen molar-refractivity contribution in [3.05, 3.63) is 0 Å². The van der Waals surface area contributed by atoms with Gasteiger partial charge in [0, 0.05) is 12.1 Å². The maximum atomic E-state index is 11.8. The van der Waals surface area contributed by atoms with E-state index in [-0.39, 0.29) is 17.9 Å². The van der Waals surface area contributed by atoms with Crippen LogP contribution in [0.25, 0.3) is 0 Å². The lowest BCUT2D eigenvalue weighted by Crippen LogP contribution is -2.44. The van der Waals surface area contributed by atoms with Gasteiger partial charge in [-0.05, 0) is 25.2 Å². The first-order chi connectivity index (χ1) is 6.68. The zero-order chi connectivity index (χ0) is 10.1. The summed E-state index contributed by atoms with van der Waals surface area (Å²) >= 11 is 0. The average Bonchev–Trinajstić information content (AvgIpc) is 2.82. The Morgan fingerprint density at radius 1 is 1.36 bits per heavy atom. The Bertz CT molecular complexity index is 229. The third kappa shape index (κ3) is 2.08. The lowest BCUT2D eigenvalue weighted by atomic mass is 9.84. The van der Waals surface area contributed by atoms with E-state index in [2.05, 4.69) is 12.2 Å². The van der Waals surface area contributed by atoms with E-state index in [1.165, 1.54) is 6.42 Å². The van der Waals surface area contributed by atoms with E-state index < -0.39 is 0 Å². The van der Waals surface area contributed by atoms with Crippen LogP contribution in [0.4, 0.5) is 0 Å². The Balaban J connectivity index is 1.83. The number of hydrogen-bond donors (Lipinski definition) is 2. The first kappa shape index (κ1) is 9.97. The second kappa shape index (κ2) is 3.89. The van der Waals surface area contributed by atoms with Crippen molar-refractivity contribution in [3.63, 3.8) is 0 Å². The molecule has 4 atom stereocenters. The average molecular weight is 196 g/mol. The maximum absolute atomic E-state index is 11.8. The number of carbonyl (C=O) groups is 1. The van der Waals surface area contributed by atoms with E-state index in [0.29, 0.717) is 12.0 Å². The van der Waals surface area contributed by atoms with Crippen LogP contribution in [0.3, 0.4) is 0 Å². The third-order valence-corrected chi connectivity index (χ3v) is 3.59. The maximum Gasteiger partial charge on any atom is 0.224 e. The molecule has 0 aliphatic heterocycles.